The summed E-state index contributed by atoms with van der Waals surface area (Å²) in [6.45, 7) is 4.45. The van der Waals surface area contributed by atoms with E-state index in [-0.39, 0.29) is 22.7 Å². The molecule has 0 aliphatic carbocycles. The predicted octanol–water partition coefficient (Wildman–Crippen LogP) is 2.13. The van der Waals surface area contributed by atoms with Gasteiger partial charge in [0.1, 0.15) is 0 Å². The van der Waals surface area contributed by atoms with Gasteiger partial charge in [0, 0.05) is 23.2 Å². The number of unbranched alkanes of at least 4 members (excludes halogenated alkanes) is 2. The van der Waals surface area contributed by atoms with Crippen molar-refractivity contribution in [2.45, 2.75) is 39.5 Å². The van der Waals surface area contributed by atoms with Gasteiger partial charge in [-0.3, -0.25) is 4.79 Å². The Morgan fingerprint density at radius 2 is 1.91 bits per heavy atom. The monoisotopic (exact) mass is 203 g/mol. The maximum Gasteiger partial charge on any atom is 0.305 e. The fourth-order valence-electron chi connectivity index (χ4n) is 0.752. The Bertz CT molecular complexity index is 94.1. The quantitative estimate of drug-likeness (QED) is 0.505. The van der Waals surface area contributed by atoms with Crippen LogP contribution in [0.15, 0.2) is 0 Å². The van der Waals surface area contributed by atoms with Crippen LogP contribution in [0.1, 0.15) is 39.5 Å². The Morgan fingerprint density at radius 3 is 2.36 bits per heavy atom. The normalized spacial score (nSPS) is 8.55. The molecule has 0 heterocycles. The summed E-state index contributed by atoms with van der Waals surface area (Å²) in [5.74, 6) is -0.0593. The van der Waals surface area contributed by atoms with Crippen LogP contribution < -0.4 is 0 Å². The van der Waals surface area contributed by atoms with Crippen molar-refractivity contribution < 1.29 is 26.3 Å². The summed E-state index contributed by atoms with van der Waals surface area (Å²) in [6.07, 6.45) is 3.83. The molecular formula is C8H16CoO2. The van der Waals surface area contributed by atoms with E-state index in [2.05, 4.69) is 6.92 Å². The summed E-state index contributed by atoms with van der Waals surface area (Å²) in [6, 6.07) is 0. The van der Waals surface area contributed by atoms with Crippen molar-refractivity contribution in [2.75, 3.05) is 6.61 Å². The molecule has 0 saturated carbocycles. The average molecular weight is 203 g/mol. The number of carbonyl (C=O) groups excluding carboxylic acids is 1. The fourth-order valence-corrected chi connectivity index (χ4v) is 0.752. The van der Waals surface area contributed by atoms with E-state index in [9.17, 15) is 4.79 Å². The summed E-state index contributed by atoms with van der Waals surface area (Å²) in [4.78, 5) is 10.7. The summed E-state index contributed by atoms with van der Waals surface area (Å²) in [5, 5.41) is 0. The minimum absolute atomic E-state index is 0. The maximum absolute atomic E-state index is 10.7. The maximum atomic E-state index is 10.7. The standard InChI is InChI=1S/C8H16O2.Co/c1-3-5-6-7-8(9)10-4-2;/h3-7H2,1-2H3;. The molecule has 0 rings (SSSR count). The Hall–Kier alpha value is -0.0235. The molecule has 0 fully saturated rings. The average Bonchev–Trinajstić information content (AvgIpc) is 1.89. The molecule has 0 amide bonds. The molecule has 0 unspecified atom stereocenters. The van der Waals surface area contributed by atoms with Crippen molar-refractivity contribution >= 4 is 5.97 Å². The van der Waals surface area contributed by atoms with Crippen molar-refractivity contribution in [1.82, 2.24) is 0 Å². The molecule has 1 radical (unpaired) electrons. The number of esters is 1. The van der Waals surface area contributed by atoms with Crippen LogP contribution in [-0.2, 0) is 26.3 Å². The third-order valence-electron chi connectivity index (χ3n) is 1.29. The first-order valence-electron chi connectivity index (χ1n) is 3.96. The van der Waals surface area contributed by atoms with Gasteiger partial charge in [-0.2, -0.15) is 0 Å². The van der Waals surface area contributed by atoms with E-state index in [0.717, 1.165) is 19.3 Å². The Balaban J connectivity index is 0. The predicted molar refractivity (Wildman–Crippen MR) is 40.8 cm³/mol. The third kappa shape index (κ3) is 9.98. The number of hydrogen-bond acceptors (Lipinski definition) is 2. The van der Waals surface area contributed by atoms with E-state index in [1.165, 1.54) is 0 Å². The van der Waals surface area contributed by atoms with Crippen molar-refractivity contribution in [3.8, 4) is 0 Å². The molecule has 3 heteroatoms. The van der Waals surface area contributed by atoms with Crippen molar-refractivity contribution in [3.05, 3.63) is 0 Å². The molecule has 2 nitrogen and oxygen atoms in total. The number of hydrogen-bond donors (Lipinski definition) is 0. The molecule has 0 N–H and O–H groups in total. The molecule has 0 aliphatic heterocycles. The Morgan fingerprint density at radius 1 is 1.27 bits per heavy atom. The van der Waals surface area contributed by atoms with Gasteiger partial charge in [0.05, 0.1) is 6.61 Å². The van der Waals surface area contributed by atoms with Gasteiger partial charge in [0.2, 0.25) is 0 Å². The largest absolute Gasteiger partial charge is 0.466 e. The van der Waals surface area contributed by atoms with Gasteiger partial charge in [-0.15, -0.1) is 0 Å². The van der Waals surface area contributed by atoms with E-state index < -0.39 is 0 Å². The first kappa shape index (κ1) is 13.6. The van der Waals surface area contributed by atoms with Gasteiger partial charge in [0.15, 0.2) is 0 Å². The molecule has 0 aromatic heterocycles. The van der Waals surface area contributed by atoms with E-state index in [1.54, 1.807) is 0 Å². The van der Waals surface area contributed by atoms with Gasteiger partial charge in [-0.1, -0.05) is 19.8 Å². The van der Waals surface area contributed by atoms with Crippen LogP contribution in [0.2, 0.25) is 0 Å². The zero-order valence-electron chi connectivity index (χ0n) is 7.19. The Labute approximate surface area is 78.9 Å². The van der Waals surface area contributed by atoms with Crippen molar-refractivity contribution in [1.29, 1.82) is 0 Å². The molecular weight excluding hydrogens is 187 g/mol. The number of rotatable bonds is 5. The first-order valence-corrected chi connectivity index (χ1v) is 3.96. The second-order valence-electron chi connectivity index (χ2n) is 2.26. The molecule has 0 bridgehead atoms. The van der Waals surface area contributed by atoms with E-state index >= 15 is 0 Å². The fraction of sp³-hybridized carbons (Fsp3) is 0.875. The summed E-state index contributed by atoms with van der Waals surface area (Å²) < 4.78 is 4.75. The zero-order chi connectivity index (χ0) is 7.82. The summed E-state index contributed by atoms with van der Waals surface area (Å²) in [5.41, 5.74) is 0. The van der Waals surface area contributed by atoms with Gasteiger partial charge >= 0.3 is 5.97 Å². The molecule has 0 aromatic carbocycles. The topological polar surface area (TPSA) is 26.3 Å². The van der Waals surface area contributed by atoms with Crippen LogP contribution in [0.5, 0.6) is 0 Å². The zero-order valence-corrected chi connectivity index (χ0v) is 8.23. The molecule has 69 valence electrons. The van der Waals surface area contributed by atoms with E-state index in [0.29, 0.717) is 13.0 Å². The smallest absolute Gasteiger partial charge is 0.305 e. The van der Waals surface area contributed by atoms with Gasteiger partial charge < -0.3 is 4.74 Å². The van der Waals surface area contributed by atoms with Crippen LogP contribution in [-0.4, -0.2) is 12.6 Å². The molecule has 0 aromatic rings. The molecule has 11 heavy (non-hydrogen) atoms. The minimum Gasteiger partial charge on any atom is -0.466 e. The molecule has 0 spiro atoms. The Kier molecular flexibility index (Phi) is 12.3. The van der Waals surface area contributed by atoms with Crippen LogP contribution in [0.3, 0.4) is 0 Å². The van der Waals surface area contributed by atoms with Crippen LogP contribution in [0, 0.1) is 0 Å². The summed E-state index contributed by atoms with van der Waals surface area (Å²) >= 11 is 0. The van der Waals surface area contributed by atoms with E-state index in [1.807, 2.05) is 6.92 Å². The second-order valence-corrected chi connectivity index (χ2v) is 2.26. The summed E-state index contributed by atoms with van der Waals surface area (Å²) in [7, 11) is 0. The molecule has 0 saturated heterocycles. The minimum atomic E-state index is -0.0593. The van der Waals surface area contributed by atoms with Crippen LogP contribution >= 0.6 is 0 Å². The number of ether oxygens (including phenoxy) is 1. The second kappa shape index (κ2) is 9.98. The van der Waals surface area contributed by atoms with Crippen LogP contribution in [0.4, 0.5) is 0 Å². The van der Waals surface area contributed by atoms with Crippen molar-refractivity contribution in [3.63, 3.8) is 0 Å². The van der Waals surface area contributed by atoms with Gasteiger partial charge in [-0.25, -0.2) is 0 Å². The SMILES string of the molecule is CCCCCC(=O)OCC.[Co]. The molecule has 0 aliphatic rings. The third-order valence-corrected chi connectivity index (χ3v) is 1.29. The van der Waals surface area contributed by atoms with Crippen LogP contribution in [0.25, 0.3) is 0 Å². The number of carbonyl (C=O) groups is 1. The van der Waals surface area contributed by atoms with E-state index in [4.69, 9.17) is 4.74 Å². The van der Waals surface area contributed by atoms with Gasteiger partial charge in [0.25, 0.3) is 0 Å². The van der Waals surface area contributed by atoms with Gasteiger partial charge in [-0.05, 0) is 13.3 Å². The van der Waals surface area contributed by atoms with Crippen molar-refractivity contribution in [2.24, 2.45) is 0 Å². The molecule has 0 atom stereocenters. The first-order chi connectivity index (χ1) is 4.81.